The molecule has 0 radical (unpaired) electrons. The third-order valence-electron chi connectivity index (χ3n) is 10.5. The molecule has 0 aliphatic carbocycles. The number of phosphoric acid groups is 2. The molecule has 1 saturated heterocycles. The zero-order valence-corrected chi connectivity index (χ0v) is 41.1. The van der Waals surface area contributed by atoms with Gasteiger partial charge in [-0.05, 0) is 63.9 Å². The second-order valence-electron chi connectivity index (χ2n) is 16.4. The summed E-state index contributed by atoms with van der Waals surface area (Å²) in [5, 5.41) is 31.0. The minimum atomic E-state index is -5.44. The van der Waals surface area contributed by atoms with Crippen LogP contribution in [0.4, 0.5) is 5.82 Å². The van der Waals surface area contributed by atoms with Crippen molar-refractivity contribution in [3.05, 3.63) is 71.4 Å². The largest absolute Gasteiger partial charge is 0.481 e. The van der Waals surface area contributed by atoms with Gasteiger partial charge in [0.1, 0.15) is 30.7 Å². The van der Waals surface area contributed by atoms with Crippen molar-refractivity contribution in [2.24, 2.45) is 0 Å². The van der Waals surface area contributed by atoms with E-state index in [1.807, 2.05) is 18.2 Å². The van der Waals surface area contributed by atoms with Crippen molar-refractivity contribution in [1.82, 2.24) is 9.55 Å². The zero-order chi connectivity index (χ0) is 49.3. The van der Waals surface area contributed by atoms with Crippen LogP contribution in [0.2, 0.25) is 0 Å². The maximum atomic E-state index is 12.8. The number of carbonyl (C=O) groups excluding carboxylic acids is 2. The summed E-state index contributed by atoms with van der Waals surface area (Å²) in [5.74, 6) is -1.39. The Morgan fingerprint density at radius 3 is 2.10 bits per heavy atom. The number of aromatic nitrogens is 2. The minimum absolute atomic E-state index is 0.0184. The summed E-state index contributed by atoms with van der Waals surface area (Å²) >= 11 is 0. The highest BCUT2D eigenvalue weighted by Crippen LogP contribution is 2.60. The van der Waals surface area contributed by atoms with Gasteiger partial charge >= 0.3 is 33.3 Å². The minimum Gasteiger partial charge on any atom is -0.462 e. The molecule has 67 heavy (non-hydrogen) atoms. The third kappa shape index (κ3) is 28.1. The van der Waals surface area contributed by atoms with Gasteiger partial charge in [0, 0.05) is 19.0 Å². The van der Waals surface area contributed by atoms with Crippen LogP contribution in [0.1, 0.15) is 155 Å². The number of aliphatic hydroxyl groups is 3. The molecule has 1 aromatic heterocycles. The predicted octanol–water partition coefficient (Wildman–Crippen LogP) is 7.97. The van der Waals surface area contributed by atoms with Crippen LogP contribution >= 0.6 is 15.6 Å². The third-order valence-corrected chi connectivity index (χ3v) is 13.1. The molecular formula is C46H77N3O16P2. The van der Waals surface area contributed by atoms with Gasteiger partial charge in [-0.15, -0.1) is 0 Å². The summed E-state index contributed by atoms with van der Waals surface area (Å²) in [7, 11) is -10.9. The molecule has 19 nitrogen and oxygen atoms in total. The standard InChI is InChI=1S/C46H77N3O16P2/c1-3-5-7-9-11-12-13-14-15-16-18-22-27-31-42(52)63-38(34-60-41(51)30-26-23-19-21-25-29-37(50)28-24-20-17-10-8-6-4-2)35-61-66(56,57)65-67(58,59)62-36-39-43(53)44(54)45(64-39)49-33-32-40(47)48-46(49)55/h6,8,12-13,17,20,24,28,32-33,37-39,43-45,50,53-54H,3-5,7,9-11,14-16,18-19,21-23,25-27,29-31,34-36H2,1-2H3,(H,56,57)(H,58,59)(H2,47,48,55)/b8-6+,13-12-,20-17+,28-24+/t37?,38-,39-,43-,44-,45-/m1/s1. The molecule has 382 valence electrons. The number of esters is 2. The van der Waals surface area contributed by atoms with E-state index in [0.717, 1.165) is 87.8 Å². The SMILES string of the molecule is CC/C=C/C/C=C/C=C/C(O)CCCCCCCC(=O)OC[C@H](COP(=O)(O)OP(=O)(O)OC[C@H]1O[C@@H](n2ccc(N)nc2=O)[C@H](O)[C@@H]1O)OC(=O)CCCCCCC/C=C\CCCCCC. The Balaban J connectivity index is 1.85. The average molecular weight is 990 g/mol. The number of allylic oxidation sites excluding steroid dienone is 7. The molecule has 0 saturated carbocycles. The van der Waals surface area contributed by atoms with E-state index in [2.05, 4.69) is 47.4 Å². The zero-order valence-electron chi connectivity index (χ0n) is 39.3. The number of nitrogen functional groups attached to an aromatic ring is 1. The van der Waals surface area contributed by atoms with E-state index in [1.54, 1.807) is 6.08 Å². The predicted molar refractivity (Wildman–Crippen MR) is 253 cm³/mol. The van der Waals surface area contributed by atoms with Gasteiger partial charge in [0.15, 0.2) is 12.3 Å². The number of ether oxygens (including phenoxy) is 3. The van der Waals surface area contributed by atoms with Gasteiger partial charge in [0.05, 0.1) is 19.3 Å². The highest BCUT2D eigenvalue weighted by molar-refractivity contribution is 7.61. The van der Waals surface area contributed by atoms with E-state index in [-0.39, 0.29) is 18.7 Å². The Kier molecular flexibility index (Phi) is 31.1. The molecule has 8 atom stereocenters. The van der Waals surface area contributed by atoms with Gasteiger partial charge in [0.2, 0.25) is 0 Å². The van der Waals surface area contributed by atoms with Crippen molar-refractivity contribution in [3.8, 4) is 0 Å². The van der Waals surface area contributed by atoms with E-state index >= 15 is 0 Å². The van der Waals surface area contributed by atoms with Crippen molar-refractivity contribution in [2.75, 3.05) is 25.6 Å². The van der Waals surface area contributed by atoms with Gasteiger partial charge in [0.25, 0.3) is 0 Å². The Morgan fingerprint density at radius 2 is 1.43 bits per heavy atom. The van der Waals surface area contributed by atoms with E-state index in [9.17, 15) is 48.6 Å². The van der Waals surface area contributed by atoms with Gasteiger partial charge in [-0.2, -0.15) is 9.29 Å². The molecule has 0 amide bonds. The molecule has 0 bridgehead atoms. The van der Waals surface area contributed by atoms with Crippen molar-refractivity contribution in [2.45, 2.75) is 185 Å². The van der Waals surface area contributed by atoms with E-state index in [4.69, 9.17) is 29.0 Å². The highest BCUT2D eigenvalue weighted by Gasteiger charge is 2.46. The summed E-state index contributed by atoms with van der Waals surface area (Å²) in [6, 6.07) is 1.24. The second-order valence-corrected chi connectivity index (χ2v) is 19.5. The van der Waals surface area contributed by atoms with Crippen LogP contribution in [0, 0.1) is 0 Å². The molecule has 7 N–H and O–H groups in total. The smallest absolute Gasteiger partial charge is 0.462 e. The van der Waals surface area contributed by atoms with Crippen LogP contribution in [0.3, 0.4) is 0 Å². The van der Waals surface area contributed by atoms with Crippen LogP contribution in [0.25, 0.3) is 0 Å². The summed E-state index contributed by atoms with van der Waals surface area (Å²) in [6.07, 6.45) is 26.5. The number of carbonyl (C=O) groups is 2. The number of aliphatic hydroxyl groups excluding tert-OH is 3. The van der Waals surface area contributed by atoms with Crippen LogP contribution in [0.15, 0.2) is 65.7 Å². The first-order valence-electron chi connectivity index (χ1n) is 23.8. The molecule has 0 spiro atoms. The molecule has 3 unspecified atom stereocenters. The van der Waals surface area contributed by atoms with Crippen molar-refractivity contribution in [1.29, 1.82) is 0 Å². The monoisotopic (exact) mass is 989 g/mol. The van der Waals surface area contributed by atoms with E-state index in [0.29, 0.717) is 19.3 Å². The molecule has 0 aromatic carbocycles. The fourth-order valence-corrected chi connectivity index (χ4v) is 8.89. The first-order valence-corrected chi connectivity index (χ1v) is 26.7. The lowest BCUT2D eigenvalue weighted by molar-refractivity contribution is -0.161. The summed E-state index contributed by atoms with van der Waals surface area (Å²) in [4.78, 5) is 61.7. The molecule has 1 fully saturated rings. The molecule has 2 heterocycles. The number of nitrogens with zero attached hydrogens (tertiary/aromatic N) is 2. The quantitative estimate of drug-likeness (QED) is 0.0120. The maximum Gasteiger partial charge on any atom is 0.481 e. The Hall–Kier alpha value is -3.32. The Labute approximate surface area is 395 Å². The van der Waals surface area contributed by atoms with Crippen LogP contribution < -0.4 is 11.4 Å². The van der Waals surface area contributed by atoms with Gasteiger partial charge in [-0.3, -0.25) is 23.2 Å². The average Bonchev–Trinajstić information content (AvgIpc) is 3.55. The number of unbranched alkanes of at least 4 members (excludes halogenated alkanes) is 13. The number of hydrogen-bond donors (Lipinski definition) is 6. The van der Waals surface area contributed by atoms with Crippen molar-refractivity contribution >= 4 is 33.4 Å². The fourth-order valence-electron chi connectivity index (χ4n) is 6.78. The Bertz CT molecular complexity index is 1820. The molecule has 1 aliphatic rings. The lowest BCUT2D eigenvalue weighted by atomic mass is 10.1. The normalized spacial score (nSPS) is 20.5. The van der Waals surface area contributed by atoms with Gasteiger partial charge in [-0.25, -0.2) is 13.9 Å². The molecule has 2 rings (SSSR count). The van der Waals surface area contributed by atoms with Crippen LogP contribution in [0.5, 0.6) is 0 Å². The summed E-state index contributed by atoms with van der Waals surface area (Å²) < 4.78 is 56.6. The highest BCUT2D eigenvalue weighted by atomic mass is 31.3. The van der Waals surface area contributed by atoms with E-state index < -0.39 is 89.8 Å². The van der Waals surface area contributed by atoms with Crippen molar-refractivity contribution in [3.63, 3.8) is 0 Å². The maximum absolute atomic E-state index is 12.8. The number of rotatable bonds is 38. The lowest BCUT2D eigenvalue weighted by Crippen LogP contribution is -2.36. The second kappa shape index (κ2) is 34.9. The lowest BCUT2D eigenvalue weighted by Gasteiger charge is -2.21. The number of anilines is 1. The van der Waals surface area contributed by atoms with E-state index in [1.165, 1.54) is 31.7 Å². The first kappa shape index (κ1) is 59.8. The summed E-state index contributed by atoms with van der Waals surface area (Å²) in [5.41, 5.74) is 4.57. The molecule has 1 aliphatic heterocycles. The fraction of sp³-hybridized carbons (Fsp3) is 0.696. The molecule has 21 heteroatoms. The number of nitrogens with two attached hydrogens (primary N) is 1. The Morgan fingerprint density at radius 1 is 0.806 bits per heavy atom. The van der Waals surface area contributed by atoms with Crippen molar-refractivity contribution < 1.29 is 71.4 Å². The summed E-state index contributed by atoms with van der Waals surface area (Å²) in [6.45, 7) is 1.89. The number of phosphoric ester groups is 2. The van der Waals surface area contributed by atoms with Gasteiger partial charge < -0.3 is 45.1 Å². The molecule has 1 aromatic rings. The van der Waals surface area contributed by atoms with Gasteiger partial charge in [-0.1, -0.05) is 127 Å². The topological polar surface area (TPSA) is 286 Å². The van der Waals surface area contributed by atoms with Crippen LogP contribution in [-0.2, 0) is 46.3 Å². The molecular weight excluding hydrogens is 912 g/mol. The van der Waals surface area contributed by atoms with Crippen LogP contribution in [-0.4, -0.2) is 96.9 Å². The number of hydrogen-bond acceptors (Lipinski definition) is 16. The first-order chi connectivity index (χ1) is 32.1.